The first-order valence-corrected chi connectivity index (χ1v) is 7.98. The minimum Gasteiger partial charge on any atom is -0.398 e. The number of nitrogens with two attached hydrogens (primary N) is 1. The van der Waals surface area contributed by atoms with Crippen molar-refractivity contribution in [3.8, 4) is 0 Å². The summed E-state index contributed by atoms with van der Waals surface area (Å²) in [6.45, 7) is 0. The van der Waals surface area contributed by atoms with E-state index in [1.165, 1.54) is 24.3 Å². The van der Waals surface area contributed by atoms with Crippen molar-refractivity contribution in [1.82, 2.24) is 0 Å². The van der Waals surface area contributed by atoms with Crippen molar-refractivity contribution in [2.45, 2.75) is 4.90 Å². The van der Waals surface area contributed by atoms with Crippen LogP contribution in [0.3, 0.4) is 0 Å². The number of nitrogens with one attached hydrogen (secondary N) is 1. The second kappa shape index (κ2) is 5.59. The maximum Gasteiger partial charge on any atom is 0.264 e. The predicted molar refractivity (Wildman–Crippen MR) is 80.8 cm³/mol. The number of benzene rings is 2. The number of hydrogen-bond acceptors (Lipinski definition) is 3. The van der Waals surface area contributed by atoms with Crippen LogP contribution < -0.4 is 10.5 Å². The molecule has 2 rings (SSSR count). The molecule has 0 saturated carbocycles. The van der Waals surface area contributed by atoms with Gasteiger partial charge in [-0.25, -0.2) is 12.8 Å². The molecule has 8 heteroatoms. The lowest BCUT2D eigenvalue weighted by atomic mass is 10.3. The molecule has 106 valence electrons. The Hall–Kier alpha value is -1.31. The summed E-state index contributed by atoms with van der Waals surface area (Å²) < 4.78 is 40.7. The number of hydrogen-bond donors (Lipinski definition) is 2. The predicted octanol–water partition coefficient (Wildman–Crippen LogP) is 3.62. The molecule has 0 unspecified atom stereocenters. The van der Waals surface area contributed by atoms with E-state index >= 15 is 0 Å². The fraction of sp³-hybridized carbons (Fsp3) is 0. The first-order valence-electron chi connectivity index (χ1n) is 5.33. The monoisotopic (exact) mass is 378 g/mol. The van der Waals surface area contributed by atoms with Gasteiger partial charge >= 0.3 is 0 Å². The summed E-state index contributed by atoms with van der Waals surface area (Å²) in [6, 6.07) is 8.22. The average Bonchev–Trinajstić information content (AvgIpc) is 2.37. The van der Waals surface area contributed by atoms with Gasteiger partial charge in [0.25, 0.3) is 10.0 Å². The molecule has 0 saturated heterocycles. The largest absolute Gasteiger partial charge is 0.398 e. The van der Waals surface area contributed by atoms with Crippen molar-refractivity contribution < 1.29 is 12.8 Å². The van der Waals surface area contributed by atoms with Gasteiger partial charge in [-0.2, -0.15) is 0 Å². The zero-order valence-electron chi connectivity index (χ0n) is 9.90. The topological polar surface area (TPSA) is 72.2 Å². The summed E-state index contributed by atoms with van der Waals surface area (Å²) in [5, 5.41) is -0.0397. The second-order valence-corrected chi connectivity index (χ2v) is 6.86. The molecule has 0 amide bonds. The van der Waals surface area contributed by atoms with E-state index < -0.39 is 15.8 Å². The van der Waals surface area contributed by atoms with Gasteiger partial charge in [-0.05, 0) is 30.3 Å². The third-order valence-corrected chi connectivity index (χ3v) is 4.68. The third kappa shape index (κ3) is 3.05. The van der Waals surface area contributed by atoms with Crippen molar-refractivity contribution in [2.24, 2.45) is 0 Å². The van der Waals surface area contributed by atoms with Crippen LogP contribution in [0.25, 0.3) is 0 Å². The van der Waals surface area contributed by atoms with E-state index in [2.05, 4.69) is 20.7 Å². The van der Waals surface area contributed by atoms with E-state index in [-0.39, 0.29) is 21.3 Å². The Morgan fingerprint density at radius 1 is 1.25 bits per heavy atom. The Bertz CT molecular complexity index is 748. The highest BCUT2D eigenvalue weighted by molar-refractivity contribution is 9.10. The third-order valence-electron chi connectivity index (χ3n) is 2.46. The first kappa shape index (κ1) is 15.1. The number of anilines is 2. The van der Waals surface area contributed by atoms with Crippen molar-refractivity contribution in [3.63, 3.8) is 0 Å². The van der Waals surface area contributed by atoms with Crippen LogP contribution in [0.4, 0.5) is 15.8 Å². The Balaban J connectivity index is 2.49. The van der Waals surface area contributed by atoms with Gasteiger partial charge < -0.3 is 5.73 Å². The van der Waals surface area contributed by atoms with Crippen LogP contribution in [-0.2, 0) is 10.0 Å². The van der Waals surface area contributed by atoms with Crippen molar-refractivity contribution >= 4 is 48.9 Å². The molecule has 0 atom stereocenters. The molecule has 2 aromatic rings. The number of halogens is 3. The van der Waals surface area contributed by atoms with Crippen LogP contribution in [0.2, 0.25) is 5.02 Å². The highest BCUT2D eigenvalue weighted by Gasteiger charge is 2.21. The lowest BCUT2D eigenvalue weighted by molar-refractivity contribution is 0.599. The van der Waals surface area contributed by atoms with Crippen LogP contribution in [-0.4, -0.2) is 8.42 Å². The number of rotatable bonds is 3. The Morgan fingerprint density at radius 3 is 2.60 bits per heavy atom. The molecular weight excluding hydrogens is 371 g/mol. The quantitative estimate of drug-likeness (QED) is 0.800. The molecule has 0 aliphatic rings. The van der Waals surface area contributed by atoms with E-state index in [1.807, 2.05) is 0 Å². The summed E-state index contributed by atoms with van der Waals surface area (Å²) in [5.74, 6) is -0.769. The average molecular weight is 380 g/mol. The summed E-state index contributed by atoms with van der Waals surface area (Å²) in [6.07, 6.45) is 0. The van der Waals surface area contributed by atoms with Crippen molar-refractivity contribution in [3.05, 3.63) is 51.7 Å². The summed E-state index contributed by atoms with van der Waals surface area (Å²) >= 11 is 8.94. The Morgan fingerprint density at radius 2 is 1.95 bits per heavy atom. The van der Waals surface area contributed by atoms with E-state index in [0.29, 0.717) is 4.47 Å². The van der Waals surface area contributed by atoms with Crippen LogP contribution in [0, 0.1) is 5.82 Å². The molecule has 0 fully saturated rings. The van der Waals surface area contributed by atoms with E-state index in [4.69, 9.17) is 17.3 Å². The lowest BCUT2D eigenvalue weighted by Gasteiger charge is -2.12. The second-order valence-electron chi connectivity index (χ2n) is 3.88. The molecule has 4 nitrogen and oxygen atoms in total. The molecule has 0 heterocycles. The van der Waals surface area contributed by atoms with E-state index in [0.717, 1.165) is 6.07 Å². The highest BCUT2D eigenvalue weighted by Crippen LogP contribution is 2.29. The molecule has 0 radical (unpaired) electrons. The lowest BCUT2D eigenvalue weighted by Crippen LogP contribution is -2.16. The van der Waals surface area contributed by atoms with Crippen LogP contribution >= 0.6 is 27.5 Å². The summed E-state index contributed by atoms with van der Waals surface area (Å²) in [7, 11) is -4.04. The van der Waals surface area contributed by atoms with Crippen molar-refractivity contribution in [1.29, 1.82) is 0 Å². The molecule has 0 aliphatic carbocycles. The molecule has 0 aliphatic heterocycles. The van der Waals surface area contributed by atoms with Gasteiger partial charge in [0.15, 0.2) is 0 Å². The van der Waals surface area contributed by atoms with Crippen LogP contribution in [0.5, 0.6) is 0 Å². The van der Waals surface area contributed by atoms with Gasteiger partial charge in [-0.15, -0.1) is 0 Å². The van der Waals surface area contributed by atoms with Gasteiger partial charge in [-0.1, -0.05) is 33.6 Å². The normalized spacial score (nSPS) is 11.3. The van der Waals surface area contributed by atoms with Crippen LogP contribution in [0.15, 0.2) is 45.8 Å². The molecule has 2 aromatic carbocycles. The smallest absolute Gasteiger partial charge is 0.264 e. The van der Waals surface area contributed by atoms with Gasteiger partial charge in [0.05, 0.1) is 10.7 Å². The van der Waals surface area contributed by atoms with Gasteiger partial charge in [0.1, 0.15) is 16.4 Å². The van der Waals surface area contributed by atoms with E-state index in [9.17, 15) is 12.8 Å². The maximum absolute atomic E-state index is 13.6. The number of nitrogen functional groups attached to an aromatic ring is 1. The molecule has 3 N–H and O–H groups in total. The SMILES string of the molecule is Nc1ccc(Br)cc1S(=O)(=O)Nc1c(F)cccc1Cl. The highest BCUT2D eigenvalue weighted by atomic mass is 79.9. The molecule has 0 spiro atoms. The van der Waals surface area contributed by atoms with E-state index in [1.54, 1.807) is 6.07 Å². The van der Waals surface area contributed by atoms with Crippen molar-refractivity contribution in [2.75, 3.05) is 10.5 Å². The minimum absolute atomic E-state index is 0.0397. The van der Waals surface area contributed by atoms with Crippen LogP contribution in [0.1, 0.15) is 0 Å². The van der Waals surface area contributed by atoms with Gasteiger partial charge in [-0.3, -0.25) is 4.72 Å². The molecular formula is C12H9BrClFN2O2S. The molecule has 20 heavy (non-hydrogen) atoms. The first-order chi connectivity index (χ1) is 9.31. The fourth-order valence-electron chi connectivity index (χ4n) is 1.53. The summed E-state index contributed by atoms with van der Waals surface area (Å²) in [5.41, 5.74) is 5.38. The fourth-order valence-corrected chi connectivity index (χ4v) is 3.55. The maximum atomic E-state index is 13.6. The standard InChI is InChI=1S/C12H9BrClFN2O2S/c13-7-4-5-10(16)11(6-7)20(18,19)17-12-8(14)2-1-3-9(12)15/h1-6,17H,16H2. The van der Waals surface area contributed by atoms with Gasteiger partial charge in [0, 0.05) is 4.47 Å². The summed E-state index contributed by atoms with van der Waals surface area (Å²) in [4.78, 5) is -0.161. The van der Waals surface area contributed by atoms with Gasteiger partial charge in [0.2, 0.25) is 0 Å². The Kier molecular flexibility index (Phi) is 4.22. The zero-order chi connectivity index (χ0) is 14.9. The molecule has 0 bridgehead atoms. The number of sulfonamides is 1. The zero-order valence-corrected chi connectivity index (χ0v) is 13.1. The number of para-hydroxylation sites is 1. The molecule has 0 aromatic heterocycles. The minimum atomic E-state index is -4.04. The Labute approximate surface area is 128 Å².